The molecular weight excluding hydrogens is 168 g/mol. The first kappa shape index (κ1) is 8.73. The lowest BCUT2D eigenvalue weighted by Gasteiger charge is -2.39. The average Bonchev–Trinajstić information content (AvgIpc) is 2.17. The van der Waals surface area contributed by atoms with Crippen molar-refractivity contribution >= 4 is 11.8 Å². The van der Waals surface area contributed by atoms with Gasteiger partial charge in [0, 0.05) is 12.3 Å². The SMILES string of the molecule is COC(=O)[C@H]1C[C@H]2CC[C@@H]1CC2=O. The van der Waals surface area contributed by atoms with E-state index in [-0.39, 0.29) is 23.7 Å². The van der Waals surface area contributed by atoms with Gasteiger partial charge in [-0.15, -0.1) is 0 Å². The Labute approximate surface area is 77.4 Å². The lowest BCUT2D eigenvalue weighted by molar-refractivity contribution is -0.153. The van der Waals surface area contributed by atoms with E-state index >= 15 is 0 Å². The highest BCUT2D eigenvalue weighted by atomic mass is 16.5. The smallest absolute Gasteiger partial charge is 0.308 e. The molecule has 3 heteroatoms. The van der Waals surface area contributed by atoms with E-state index in [2.05, 4.69) is 0 Å². The minimum atomic E-state index is -0.123. The number of carbonyl (C=O) groups excluding carboxylic acids is 2. The molecule has 0 unspecified atom stereocenters. The zero-order valence-electron chi connectivity index (χ0n) is 7.79. The summed E-state index contributed by atoms with van der Waals surface area (Å²) in [6, 6.07) is 0. The molecule has 2 bridgehead atoms. The number of fused-ring (bicyclic) bond motifs is 3. The summed E-state index contributed by atoms with van der Waals surface area (Å²) in [4.78, 5) is 22.7. The van der Waals surface area contributed by atoms with Crippen molar-refractivity contribution in [2.75, 3.05) is 7.11 Å². The van der Waals surface area contributed by atoms with Crippen molar-refractivity contribution < 1.29 is 14.3 Å². The van der Waals surface area contributed by atoms with Gasteiger partial charge in [-0.2, -0.15) is 0 Å². The predicted octanol–water partition coefficient (Wildman–Crippen LogP) is 1.16. The summed E-state index contributed by atoms with van der Waals surface area (Å²) in [5.41, 5.74) is 0. The third-order valence-corrected chi connectivity index (χ3v) is 3.42. The van der Waals surface area contributed by atoms with E-state index in [1.54, 1.807) is 0 Å². The van der Waals surface area contributed by atoms with Crippen molar-refractivity contribution in [2.24, 2.45) is 17.8 Å². The van der Waals surface area contributed by atoms with Gasteiger partial charge in [0.25, 0.3) is 0 Å². The molecule has 3 atom stereocenters. The molecule has 3 fully saturated rings. The van der Waals surface area contributed by atoms with Gasteiger partial charge in [-0.3, -0.25) is 9.59 Å². The maximum absolute atomic E-state index is 11.4. The van der Waals surface area contributed by atoms with Crippen LogP contribution in [-0.2, 0) is 14.3 Å². The quantitative estimate of drug-likeness (QED) is 0.571. The number of methoxy groups -OCH3 is 1. The zero-order valence-corrected chi connectivity index (χ0v) is 7.79. The molecule has 3 aliphatic carbocycles. The van der Waals surface area contributed by atoms with E-state index < -0.39 is 0 Å². The lowest BCUT2D eigenvalue weighted by atomic mass is 9.64. The van der Waals surface area contributed by atoms with Crippen LogP contribution < -0.4 is 0 Å². The molecular formula is C10H14O3. The Morgan fingerprint density at radius 1 is 1.46 bits per heavy atom. The molecule has 13 heavy (non-hydrogen) atoms. The van der Waals surface area contributed by atoms with Gasteiger partial charge in [-0.1, -0.05) is 0 Å². The summed E-state index contributed by atoms with van der Waals surface area (Å²) < 4.78 is 4.73. The van der Waals surface area contributed by atoms with Crippen LogP contribution in [0.2, 0.25) is 0 Å². The Kier molecular flexibility index (Phi) is 2.10. The van der Waals surface area contributed by atoms with Gasteiger partial charge in [0.15, 0.2) is 0 Å². The van der Waals surface area contributed by atoms with E-state index in [1.807, 2.05) is 0 Å². The number of rotatable bonds is 1. The van der Waals surface area contributed by atoms with Crippen LogP contribution in [0.4, 0.5) is 0 Å². The molecule has 0 aromatic heterocycles. The molecule has 0 aliphatic heterocycles. The molecule has 0 aromatic rings. The van der Waals surface area contributed by atoms with E-state index in [4.69, 9.17) is 4.74 Å². The van der Waals surface area contributed by atoms with Crippen molar-refractivity contribution in [3.05, 3.63) is 0 Å². The predicted molar refractivity (Wildman–Crippen MR) is 46.0 cm³/mol. The number of hydrogen-bond donors (Lipinski definition) is 0. The topological polar surface area (TPSA) is 43.4 Å². The lowest BCUT2D eigenvalue weighted by Crippen LogP contribution is -2.41. The number of ketones is 1. The highest BCUT2D eigenvalue weighted by molar-refractivity contribution is 5.86. The second kappa shape index (κ2) is 3.13. The largest absolute Gasteiger partial charge is 0.469 e. The maximum atomic E-state index is 11.4. The molecule has 0 spiro atoms. The van der Waals surface area contributed by atoms with Crippen molar-refractivity contribution in [1.29, 1.82) is 0 Å². The van der Waals surface area contributed by atoms with Crippen LogP contribution in [0.1, 0.15) is 25.7 Å². The molecule has 3 rings (SSSR count). The monoisotopic (exact) mass is 182 g/mol. The molecule has 0 heterocycles. The number of Topliss-reactive ketones (excluding diaryl/α,β-unsaturated/α-hetero) is 1. The Morgan fingerprint density at radius 2 is 2.23 bits per heavy atom. The van der Waals surface area contributed by atoms with Gasteiger partial charge < -0.3 is 4.74 Å². The van der Waals surface area contributed by atoms with Crippen LogP contribution in [0, 0.1) is 17.8 Å². The standard InChI is InChI=1S/C10H14O3/c1-13-10(12)8-4-7-3-2-6(8)5-9(7)11/h6-8H,2-5H2,1H3/t6-,7-,8+/m1/s1. The van der Waals surface area contributed by atoms with Crippen LogP contribution in [0.15, 0.2) is 0 Å². The summed E-state index contributed by atoms with van der Waals surface area (Å²) in [6.45, 7) is 0. The molecule has 72 valence electrons. The minimum absolute atomic E-state index is 0.00134. The first-order chi connectivity index (χ1) is 6.22. The Bertz CT molecular complexity index is 247. The summed E-state index contributed by atoms with van der Waals surface area (Å²) >= 11 is 0. The van der Waals surface area contributed by atoms with E-state index in [9.17, 15) is 9.59 Å². The van der Waals surface area contributed by atoms with E-state index in [1.165, 1.54) is 7.11 Å². The first-order valence-electron chi connectivity index (χ1n) is 4.83. The van der Waals surface area contributed by atoms with E-state index in [0.29, 0.717) is 12.2 Å². The third kappa shape index (κ3) is 1.36. The van der Waals surface area contributed by atoms with Gasteiger partial charge in [0.1, 0.15) is 5.78 Å². The number of esters is 1. The molecule has 0 saturated heterocycles. The van der Waals surface area contributed by atoms with Gasteiger partial charge in [0.2, 0.25) is 0 Å². The Balaban J connectivity index is 2.10. The number of hydrogen-bond acceptors (Lipinski definition) is 3. The second-order valence-electron chi connectivity index (χ2n) is 4.07. The minimum Gasteiger partial charge on any atom is -0.469 e. The Morgan fingerprint density at radius 3 is 2.69 bits per heavy atom. The number of carbonyl (C=O) groups is 2. The van der Waals surface area contributed by atoms with Gasteiger partial charge in [-0.05, 0) is 25.2 Å². The van der Waals surface area contributed by atoms with Crippen molar-refractivity contribution in [2.45, 2.75) is 25.7 Å². The average molecular weight is 182 g/mol. The molecule has 0 radical (unpaired) electrons. The second-order valence-corrected chi connectivity index (χ2v) is 4.07. The molecule has 0 amide bonds. The summed E-state index contributed by atoms with van der Waals surface area (Å²) in [5.74, 6) is 0.652. The molecule has 0 aromatic carbocycles. The van der Waals surface area contributed by atoms with Crippen molar-refractivity contribution in [3.63, 3.8) is 0 Å². The summed E-state index contributed by atoms with van der Waals surface area (Å²) in [5, 5.41) is 0. The summed E-state index contributed by atoms with van der Waals surface area (Å²) in [7, 11) is 1.42. The highest BCUT2D eigenvalue weighted by Crippen LogP contribution is 2.43. The summed E-state index contributed by atoms with van der Waals surface area (Å²) in [6.07, 6.45) is 3.34. The van der Waals surface area contributed by atoms with Gasteiger partial charge >= 0.3 is 5.97 Å². The number of ether oxygens (including phenoxy) is 1. The zero-order chi connectivity index (χ0) is 9.42. The van der Waals surface area contributed by atoms with Gasteiger partial charge in [-0.25, -0.2) is 0 Å². The first-order valence-corrected chi connectivity index (χ1v) is 4.83. The van der Waals surface area contributed by atoms with Crippen molar-refractivity contribution in [3.8, 4) is 0 Å². The van der Waals surface area contributed by atoms with Crippen LogP contribution in [0.25, 0.3) is 0 Å². The van der Waals surface area contributed by atoms with Crippen LogP contribution >= 0.6 is 0 Å². The molecule has 3 nitrogen and oxygen atoms in total. The van der Waals surface area contributed by atoms with Crippen LogP contribution in [0.3, 0.4) is 0 Å². The molecule has 3 aliphatic rings. The fourth-order valence-corrected chi connectivity index (χ4v) is 2.64. The molecule has 0 N–H and O–H groups in total. The van der Waals surface area contributed by atoms with Crippen LogP contribution in [0.5, 0.6) is 0 Å². The van der Waals surface area contributed by atoms with E-state index in [0.717, 1.165) is 19.3 Å². The van der Waals surface area contributed by atoms with Gasteiger partial charge in [0.05, 0.1) is 13.0 Å². The Hall–Kier alpha value is -0.860. The third-order valence-electron chi connectivity index (χ3n) is 3.42. The highest BCUT2D eigenvalue weighted by Gasteiger charge is 2.44. The van der Waals surface area contributed by atoms with Crippen molar-refractivity contribution in [1.82, 2.24) is 0 Å². The normalized spacial score (nSPS) is 37.6. The molecule has 3 saturated carbocycles. The fraction of sp³-hybridized carbons (Fsp3) is 0.800. The maximum Gasteiger partial charge on any atom is 0.308 e. The fourth-order valence-electron chi connectivity index (χ4n) is 2.64. The van der Waals surface area contributed by atoms with Crippen LogP contribution in [-0.4, -0.2) is 18.9 Å².